The summed E-state index contributed by atoms with van der Waals surface area (Å²) < 4.78 is 1.73. The fraction of sp³-hybridized carbons (Fsp3) is 0.217. The van der Waals surface area contributed by atoms with Gasteiger partial charge in [0.15, 0.2) is 11.6 Å². The van der Waals surface area contributed by atoms with Gasteiger partial charge >= 0.3 is 0 Å². The monoisotopic (exact) mass is 418 g/mol. The van der Waals surface area contributed by atoms with Gasteiger partial charge in [-0.2, -0.15) is 0 Å². The molecule has 4 rings (SSSR count). The highest BCUT2D eigenvalue weighted by atomic mass is 32.2. The van der Waals surface area contributed by atoms with E-state index in [9.17, 15) is 9.59 Å². The van der Waals surface area contributed by atoms with E-state index in [1.165, 1.54) is 30.6 Å². The summed E-state index contributed by atoms with van der Waals surface area (Å²) in [4.78, 5) is 25.9. The Kier molecular flexibility index (Phi) is 5.30. The number of allylic oxidation sites excluding steroid dienone is 1. The summed E-state index contributed by atoms with van der Waals surface area (Å²) in [6, 6.07) is 15.9. The normalized spacial score (nSPS) is 13.4. The first-order valence-corrected chi connectivity index (χ1v) is 10.5. The molecule has 1 aromatic heterocycles. The van der Waals surface area contributed by atoms with E-state index in [0.717, 1.165) is 22.3 Å². The Balaban J connectivity index is 1.89. The first kappa shape index (κ1) is 20.1. The first-order chi connectivity index (χ1) is 14.4. The van der Waals surface area contributed by atoms with Gasteiger partial charge in [0.25, 0.3) is 0 Å². The molecule has 1 aliphatic heterocycles. The van der Waals surface area contributed by atoms with Crippen LogP contribution in [0.1, 0.15) is 41.9 Å². The number of hydrogen-bond donors (Lipinski definition) is 0. The summed E-state index contributed by atoms with van der Waals surface area (Å²) in [5.74, 6) is 0.318. The molecular formula is C23H22N4O2S. The molecule has 0 aliphatic carbocycles. The number of Topliss-reactive ketones (excluding diaryl/α,β-unsaturated/α-hetero) is 1. The van der Waals surface area contributed by atoms with Crippen molar-refractivity contribution in [3.8, 4) is 0 Å². The highest BCUT2D eigenvalue weighted by molar-refractivity contribution is 8.04. The smallest absolute Gasteiger partial charge is 0.243 e. The van der Waals surface area contributed by atoms with Gasteiger partial charge in [0, 0.05) is 18.9 Å². The average Bonchev–Trinajstić information content (AvgIpc) is 3.11. The van der Waals surface area contributed by atoms with E-state index in [-0.39, 0.29) is 11.7 Å². The maximum absolute atomic E-state index is 12.9. The van der Waals surface area contributed by atoms with Crippen LogP contribution < -0.4 is 5.01 Å². The molecule has 6 nitrogen and oxygen atoms in total. The van der Waals surface area contributed by atoms with E-state index >= 15 is 0 Å². The molecule has 3 aromatic rings. The van der Waals surface area contributed by atoms with Gasteiger partial charge in [-0.15, -0.1) is 10.2 Å². The molecule has 0 atom stereocenters. The van der Waals surface area contributed by atoms with Crippen LogP contribution in [0, 0.1) is 13.8 Å². The van der Waals surface area contributed by atoms with Crippen LogP contribution in [0.15, 0.2) is 58.6 Å². The second-order valence-electron chi connectivity index (χ2n) is 7.34. The number of benzene rings is 2. The molecule has 1 amide bonds. The maximum Gasteiger partial charge on any atom is 0.243 e. The van der Waals surface area contributed by atoms with Gasteiger partial charge in [0.2, 0.25) is 11.1 Å². The summed E-state index contributed by atoms with van der Waals surface area (Å²) >= 11 is 1.26. The van der Waals surface area contributed by atoms with Crippen molar-refractivity contribution >= 4 is 29.1 Å². The van der Waals surface area contributed by atoms with Crippen LogP contribution in [0.4, 0.5) is 0 Å². The summed E-state index contributed by atoms with van der Waals surface area (Å²) in [6.45, 7) is 7.06. The zero-order chi connectivity index (χ0) is 21.4. The second-order valence-corrected chi connectivity index (χ2v) is 8.32. The molecule has 2 aromatic carbocycles. The number of carbonyl (C=O) groups excluding carboxylic acids is 2. The Morgan fingerprint density at radius 3 is 2.33 bits per heavy atom. The largest absolute Gasteiger partial charge is 0.294 e. The Hall–Kier alpha value is -3.19. The number of amides is 1. The quantitative estimate of drug-likeness (QED) is 0.640. The second kappa shape index (κ2) is 7.91. The summed E-state index contributed by atoms with van der Waals surface area (Å²) in [5, 5.41) is 10.7. The van der Waals surface area contributed by atoms with E-state index in [1.807, 2.05) is 62.4 Å². The molecule has 0 radical (unpaired) electrons. The van der Waals surface area contributed by atoms with E-state index in [0.29, 0.717) is 28.0 Å². The van der Waals surface area contributed by atoms with Crippen LogP contribution in [0.3, 0.4) is 0 Å². The number of thioether (sulfide) groups is 1. The molecule has 0 unspecified atom stereocenters. The van der Waals surface area contributed by atoms with Gasteiger partial charge in [0.1, 0.15) is 0 Å². The van der Waals surface area contributed by atoms with Gasteiger partial charge in [-0.25, -0.2) is 9.69 Å². The predicted molar refractivity (Wildman–Crippen MR) is 118 cm³/mol. The topological polar surface area (TPSA) is 68.1 Å². The van der Waals surface area contributed by atoms with Gasteiger partial charge < -0.3 is 0 Å². The lowest BCUT2D eigenvalue weighted by Crippen LogP contribution is -2.41. The highest BCUT2D eigenvalue weighted by Gasteiger charge is 2.35. The molecule has 2 heterocycles. The Morgan fingerprint density at radius 2 is 1.70 bits per heavy atom. The average molecular weight is 419 g/mol. The molecule has 0 saturated heterocycles. The third-order valence-electron chi connectivity index (χ3n) is 5.10. The molecule has 7 heteroatoms. The molecule has 0 saturated carbocycles. The van der Waals surface area contributed by atoms with Crippen LogP contribution in [0.2, 0.25) is 0 Å². The molecule has 0 fully saturated rings. The standard InChI is InChI=1S/C23H22N4O2S/c1-14-10-11-19(12-15(14)2)21-22(16(3)28)30-23-25-24-20(27(23)26(21)17(4)29)13-18-8-6-5-7-9-18/h5-12H,13H2,1-4H3. The maximum atomic E-state index is 12.9. The van der Waals surface area contributed by atoms with E-state index in [4.69, 9.17) is 0 Å². The number of rotatable bonds is 4. The number of fused-ring (bicyclic) bond motifs is 1. The minimum absolute atomic E-state index is 0.113. The number of nitrogens with zero attached hydrogens (tertiary/aromatic N) is 4. The molecule has 0 N–H and O–H groups in total. The lowest BCUT2D eigenvalue weighted by Gasteiger charge is -2.32. The van der Waals surface area contributed by atoms with E-state index < -0.39 is 0 Å². The zero-order valence-electron chi connectivity index (χ0n) is 17.3. The Bertz CT molecular complexity index is 1180. The summed E-state index contributed by atoms with van der Waals surface area (Å²) in [7, 11) is 0. The number of ketones is 1. The highest BCUT2D eigenvalue weighted by Crippen LogP contribution is 2.40. The molecule has 1 aliphatic rings. The molecular weight excluding hydrogens is 396 g/mol. The van der Waals surface area contributed by atoms with Crippen LogP contribution >= 0.6 is 11.8 Å². The van der Waals surface area contributed by atoms with Crippen LogP contribution in [0.25, 0.3) is 5.70 Å². The number of aromatic nitrogens is 3. The van der Waals surface area contributed by atoms with Crippen molar-refractivity contribution in [2.45, 2.75) is 39.3 Å². The summed E-state index contributed by atoms with van der Waals surface area (Å²) in [6.07, 6.45) is 0.522. The number of carbonyl (C=O) groups is 2. The van der Waals surface area contributed by atoms with E-state index in [1.54, 1.807) is 4.68 Å². The van der Waals surface area contributed by atoms with Crippen LogP contribution in [-0.2, 0) is 16.0 Å². The number of aryl methyl sites for hydroxylation is 2. The van der Waals surface area contributed by atoms with Crippen LogP contribution in [0.5, 0.6) is 0 Å². The van der Waals surface area contributed by atoms with Gasteiger partial charge in [-0.05, 0) is 55.3 Å². The van der Waals surface area contributed by atoms with Gasteiger partial charge in [-0.1, -0.05) is 42.5 Å². The van der Waals surface area contributed by atoms with Crippen molar-refractivity contribution in [3.05, 3.63) is 81.5 Å². The first-order valence-electron chi connectivity index (χ1n) is 9.66. The van der Waals surface area contributed by atoms with E-state index in [2.05, 4.69) is 10.2 Å². The third kappa shape index (κ3) is 3.57. The lowest BCUT2D eigenvalue weighted by molar-refractivity contribution is -0.117. The van der Waals surface area contributed by atoms with Gasteiger partial charge in [-0.3, -0.25) is 9.59 Å². The SMILES string of the molecule is CC(=O)C1=C(c2ccc(C)c(C)c2)N(C(C)=O)n2c(Cc3ccccc3)nnc2S1. The van der Waals surface area contributed by atoms with Crippen LogP contribution in [-0.4, -0.2) is 26.6 Å². The molecule has 0 spiro atoms. The Morgan fingerprint density at radius 1 is 0.967 bits per heavy atom. The van der Waals surface area contributed by atoms with Crippen molar-refractivity contribution in [3.63, 3.8) is 0 Å². The number of hydrogen-bond acceptors (Lipinski definition) is 5. The van der Waals surface area contributed by atoms with Crippen molar-refractivity contribution in [1.29, 1.82) is 0 Å². The summed E-state index contributed by atoms with van der Waals surface area (Å²) in [5.41, 5.74) is 4.70. The van der Waals surface area contributed by atoms with Gasteiger partial charge in [0.05, 0.1) is 10.6 Å². The third-order valence-corrected chi connectivity index (χ3v) is 6.22. The van der Waals surface area contributed by atoms with Crippen molar-refractivity contribution in [1.82, 2.24) is 14.9 Å². The predicted octanol–water partition coefficient (Wildman–Crippen LogP) is 4.03. The minimum atomic E-state index is -0.211. The fourth-order valence-corrected chi connectivity index (χ4v) is 4.45. The minimum Gasteiger partial charge on any atom is -0.294 e. The lowest BCUT2D eigenvalue weighted by atomic mass is 10.0. The molecule has 152 valence electrons. The Labute approximate surface area is 179 Å². The van der Waals surface area contributed by atoms with Crippen molar-refractivity contribution < 1.29 is 9.59 Å². The molecule has 0 bridgehead atoms. The zero-order valence-corrected chi connectivity index (χ0v) is 18.2. The molecule has 30 heavy (non-hydrogen) atoms. The van der Waals surface area contributed by atoms with Crippen molar-refractivity contribution in [2.75, 3.05) is 5.01 Å². The fourth-order valence-electron chi connectivity index (χ4n) is 3.46. The van der Waals surface area contributed by atoms with Crippen molar-refractivity contribution in [2.24, 2.45) is 0 Å².